The lowest BCUT2D eigenvalue weighted by Gasteiger charge is -2.13. The molecule has 1 heterocycles. The van der Waals surface area contributed by atoms with Gasteiger partial charge >= 0.3 is 0 Å². The molecule has 0 fully saturated rings. The van der Waals surface area contributed by atoms with E-state index in [0.717, 1.165) is 21.0 Å². The molecule has 21 heavy (non-hydrogen) atoms. The molecule has 3 rings (SSSR count). The van der Waals surface area contributed by atoms with E-state index in [9.17, 15) is 19.8 Å². The van der Waals surface area contributed by atoms with E-state index in [1.54, 1.807) is 12.1 Å². The van der Waals surface area contributed by atoms with Crippen LogP contribution in [0.25, 0.3) is 0 Å². The van der Waals surface area contributed by atoms with Crippen LogP contribution < -0.4 is 0 Å². The number of hydrogen-bond donors (Lipinski definition) is 2. The second-order valence-electron chi connectivity index (χ2n) is 4.71. The Bertz CT molecular complexity index is 755. The Morgan fingerprint density at radius 3 is 2.33 bits per heavy atom. The van der Waals surface area contributed by atoms with Crippen LogP contribution in [0.4, 0.5) is 0 Å². The molecule has 0 atom stereocenters. The van der Waals surface area contributed by atoms with E-state index in [-0.39, 0.29) is 29.2 Å². The minimum Gasteiger partial charge on any atom is -0.508 e. The quantitative estimate of drug-likeness (QED) is 0.818. The predicted molar refractivity (Wildman–Crippen MR) is 78.1 cm³/mol. The number of rotatable bonds is 2. The standard InChI is InChI=1S/C15H10BrNO4/c16-9-3-1-8(2-4-9)7-17-14(20)11-5-10(18)6-12(19)13(11)15(17)21/h1-6,18-19H,7H2. The Morgan fingerprint density at radius 1 is 1.00 bits per heavy atom. The van der Waals surface area contributed by atoms with E-state index in [1.165, 1.54) is 6.07 Å². The van der Waals surface area contributed by atoms with E-state index in [0.29, 0.717) is 0 Å². The summed E-state index contributed by atoms with van der Waals surface area (Å²) in [4.78, 5) is 25.6. The van der Waals surface area contributed by atoms with Gasteiger partial charge in [0, 0.05) is 10.5 Å². The lowest BCUT2D eigenvalue weighted by Crippen LogP contribution is -2.29. The molecule has 0 saturated heterocycles. The van der Waals surface area contributed by atoms with Gasteiger partial charge in [0.2, 0.25) is 0 Å². The molecule has 0 aliphatic carbocycles. The fourth-order valence-electron chi connectivity index (χ4n) is 2.29. The van der Waals surface area contributed by atoms with Crippen molar-refractivity contribution in [1.82, 2.24) is 4.90 Å². The van der Waals surface area contributed by atoms with Gasteiger partial charge in [0.15, 0.2) is 0 Å². The number of nitrogens with zero attached hydrogens (tertiary/aromatic N) is 1. The number of aromatic hydroxyl groups is 2. The van der Waals surface area contributed by atoms with Gasteiger partial charge in [-0.1, -0.05) is 28.1 Å². The predicted octanol–water partition coefficient (Wildman–Crippen LogP) is 2.66. The zero-order chi connectivity index (χ0) is 15.1. The van der Waals surface area contributed by atoms with Crippen LogP contribution >= 0.6 is 15.9 Å². The fraction of sp³-hybridized carbons (Fsp3) is 0.0667. The first-order valence-corrected chi connectivity index (χ1v) is 6.93. The van der Waals surface area contributed by atoms with Gasteiger partial charge in [0.05, 0.1) is 17.7 Å². The Balaban J connectivity index is 1.96. The molecule has 5 nitrogen and oxygen atoms in total. The number of phenolic OH excluding ortho intramolecular Hbond substituents is 2. The van der Waals surface area contributed by atoms with Crippen LogP contribution in [0.5, 0.6) is 11.5 Å². The van der Waals surface area contributed by atoms with Crippen molar-refractivity contribution in [3.8, 4) is 11.5 Å². The van der Waals surface area contributed by atoms with E-state index >= 15 is 0 Å². The summed E-state index contributed by atoms with van der Waals surface area (Å²) < 4.78 is 0.899. The first-order chi connectivity index (χ1) is 9.97. The first kappa shape index (κ1) is 13.6. The van der Waals surface area contributed by atoms with Crippen LogP contribution in [0.2, 0.25) is 0 Å². The number of benzene rings is 2. The van der Waals surface area contributed by atoms with Gasteiger partial charge < -0.3 is 10.2 Å². The number of phenols is 2. The van der Waals surface area contributed by atoms with Gasteiger partial charge in [0.1, 0.15) is 11.5 Å². The van der Waals surface area contributed by atoms with E-state index in [4.69, 9.17) is 0 Å². The molecule has 1 aliphatic heterocycles. The highest BCUT2D eigenvalue weighted by molar-refractivity contribution is 9.10. The minimum absolute atomic E-state index is 0.0228. The molecule has 0 unspecified atom stereocenters. The maximum atomic E-state index is 12.3. The van der Waals surface area contributed by atoms with E-state index in [2.05, 4.69) is 15.9 Å². The lowest BCUT2D eigenvalue weighted by atomic mass is 10.1. The second kappa shape index (κ2) is 4.89. The maximum absolute atomic E-state index is 12.3. The largest absolute Gasteiger partial charge is 0.508 e. The normalized spacial score (nSPS) is 13.7. The van der Waals surface area contributed by atoms with Crippen molar-refractivity contribution in [2.45, 2.75) is 6.54 Å². The van der Waals surface area contributed by atoms with Crippen molar-refractivity contribution in [3.05, 3.63) is 57.6 Å². The summed E-state index contributed by atoms with van der Waals surface area (Å²) >= 11 is 3.31. The average molecular weight is 348 g/mol. The second-order valence-corrected chi connectivity index (χ2v) is 5.63. The molecule has 106 valence electrons. The monoisotopic (exact) mass is 347 g/mol. The van der Waals surface area contributed by atoms with Crippen molar-refractivity contribution in [2.24, 2.45) is 0 Å². The zero-order valence-electron chi connectivity index (χ0n) is 10.7. The third-order valence-corrected chi connectivity index (χ3v) is 3.82. The molecule has 0 aromatic heterocycles. The minimum atomic E-state index is -0.560. The number of carbonyl (C=O) groups is 2. The summed E-state index contributed by atoms with van der Waals surface area (Å²) in [6, 6.07) is 9.47. The summed E-state index contributed by atoms with van der Waals surface area (Å²) in [7, 11) is 0. The van der Waals surface area contributed by atoms with Crippen molar-refractivity contribution in [1.29, 1.82) is 0 Å². The molecule has 0 saturated carbocycles. The highest BCUT2D eigenvalue weighted by Gasteiger charge is 2.38. The molecule has 2 amide bonds. The lowest BCUT2D eigenvalue weighted by molar-refractivity contribution is 0.0641. The smallest absolute Gasteiger partial charge is 0.265 e. The summed E-state index contributed by atoms with van der Waals surface area (Å²) in [6.45, 7) is 0.111. The third kappa shape index (κ3) is 2.27. The average Bonchev–Trinajstić information content (AvgIpc) is 2.66. The summed E-state index contributed by atoms with van der Waals surface area (Å²) in [5.41, 5.74) is 0.751. The summed E-state index contributed by atoms with van der Waals surface area (Å²) in [6.07, 6.45) is 0. The first-order valence-electron chi connectivity index (χ1n) is 6.14. The maximum Gasteiger partial charge on any atom is 0.265 e. The fourth-order valence-corrected chi connectivity index (χ4v) is 2.56. The number of carbonyl (C=O) groups excluding carboxylic acids is 2. The van der Waals surface area contributed by atoms with Gasteiger partial charge in [-0.15, -0.1) is 0 Å². The van der Waals surface area contributed by atoms with Gasteiger partial charge in [-0.25, -0.2) is 0 Å². The highest BCUT2D eigenvalue weighted by atomic mass is 79.9. The van der Waals surface area contributed by atoms with Crippen molar-refractivity contribution in [2.75, 3.05) is 0 Å². The summed E-state index contributed by atoms with van der Waals surface area (Å²) in [5.74, 6) is -1.72. The number of fused-ring (bicyclic) bond motifs is 1. The Labute approximate surface area is 128 Å². The number of hydrogen-bond acceptors (Lipinski definition) is 4. The molecule has 2 aromatic rings. The number of imide groups is 1. The molecule has 6 heteroatoms. The zero-order valence-corrected chi connectivity index (χ0v) is 12.3. The number of amides is 2. The Hall–Kier alpha value is -2.34. The van der Waals surface area contributed by atoms with Crippen molar-refractivity contribution >= 4 is 27.7 Å². The molecule has 2 aromatic carbocycles. The van der Waals surface area contributed by atoms with Gasteiger partial charge in [-0.3, -0.25) is 14.5 Å². The summed E-state index contributed by atoms with van der Waals surface area (Å²) in [5, 5.41) is 19.2. The third-order valence-electron chi connectivity index (χ3n) is 3.29. The van der Waals surface area contributed by atoms with E-state index in [1.807, 2.05) is 12.1 Å². The molecule has 1 aliphatic rings. The molecule has 0 spiro atoms. The van der Waals surface area contributed by atoms with Crippen LogP contribution in [0, 0.1) is 0 Å². The Morgan fingerprint density at radius 2 is 1.67 bits per heavy atom. The number of halogens is 1. The molecule has 2 N–H and O–H groups in total. The van der Waals surface area contributed by atoms with Crippen LogP contribution in [0.1, 0.15) is 26.3 Å². The highest BCUT2D eigenvalue weighted by Crippen LogP contribution is 2.34. The molecular formula is C15H10BrNO4. The van der Waals surface area contributed by atoms with Gasteiger partial charge in [0.25, 0.3) is 11.8 Å². The van der Waals surface area contributed by atoms with E-state index < -0.39 is 11.8 Å². The van der Waals surface area contributed by atoms with Crippen molar-refractivity contribution in [3.63, 3.8) is 0 Å². The van der Waals surface area contributed by atoms with Crippen LogP contribution in [-0.2, 0) is 6.54 Å². The van der Waals surface area contributed by atoms with Crippen LogP contribution in [-0.4, -0.2) is 26.9 Å². The molecule has 0 bridgehead atoms. The van der Waals surface area contributed by atoms with Crippen molar-refractivity contribution < 1.29 is 19.8 Å². The van der Waals surface area contributed by atoms with Crippen LogP contribution in [0.15, 0.2) is 40.9 Å². The topological polar surface area (TPSA) is 77.8 Å². The SMILES string of the molecule is O=C1c2cc(O)cc(O)c2C(=O)N1Cc1ccc(Br)cc1. The molecular weight excluding hydrogens is 338 g/mol. The van der Waals surface area contributed by atoms with Gasteiger partial charge in [-0.05, 0) is 23.8 Å². The van der Waals surface area contributed by atoms with Gasteiger partial charge in [-0.2, -0.15) is 0 Å². The molecule has 0 radical (unpaired) electrons. The van der Waals surface area contributed by atoms with Crippen LogP contribution in [0.3, 0.4) is 0 Å². The Kier molecular flexibility index (Phi) is 3.17.